The number of benzene rings is 2. The third-order valence-corrected chi connectivity index (χ3v) is 5.89. The summed E-state index contributed by atoms with van der Waals surface area (Å²) in [7, 11) is 1.60. The fourth-order valence-electron chi connectivity index (χ4n) is 3.33. The predicted octanol–water partition coefficient (Wildman–Crippen LogP) is 4.30. The Labute approximate surface area is 166 Å². The molecule has 3 aromatic rings. The quantitative estimate of drug-likeness (QED) is 0.713. The average Bonchev–Trinajstić information content (AvgIpc) is 3.19. The second-order valence-corrected chi connectivity index (χ2v) is 7.75. The van der Waals surface area contributed by atoms with Crippen LogP contribution < -0.4 is 10.1 Å². The SMILES string of the molecule is COc1ccc(C)cc1-n1ccc(C(=O)NC2CCSc3c(F)cccc32)n1. The Morgan fingerprint density at radius 2 is 2.18 bits per heavy atom. The number of halogens is 1. The number of aryl methyl sites for hydroxylation is 1. The summed E-state index contributed by atoms with van der Waals surface area (Å²) in [6, 6.07) is 12.2. The van der Waals surface area contributed by atoms with E-state index in [-0.39, 0.29) is 17.8 Å². The summed E-state index contributed by atoms with van der Waals surface area (Å²) in [5, 5.41) is 7.41. The van der Waals surface area contributed by atoms with E-state index in [2.05, 4.69) is 10.4 Å². The molecule has 7 heteroatoms. The second-order valence-electron chi connectivity index (χ2n) is 6.64. The smallest absolute Gasteiger partial charge is 0.272 e. The van der Waals surface area contributed by atoms with Crippen LogP contribution in [0, 0.1) is 12.7 Å². The minimum atomic E-state index is -0.280. The number of hydrogen-bond acceptors (Lipinski definition) is 4. The summed E-state index contributed by atoms with van der Waals surface area (Å²) in [4.78, 5) is 13.4. The van der Waals surface area contributed by atoms with Crippen LogP contribution >= 0.6 is 11.8 Å². The molecule has 1 amide bonds. The van der Waals surface area contributed by atoms with E-state index in [0.29, 0.717) is 16.3 Å². The molecule has 0 bridgehead atoms. The molecule has 1 aromatic heterocycles. The zero-order chi connectivity index (χ0) is 19.7. The van der Waals surface area contributed by atoms with Crippen molar-refractivity contribution in [3.05, 3.63) is 71.3 Å². The molecule has 2 heterocycles. The van der Waals surface area contributed by atoms with Crippen molar-refractivity contribution in [2.75, 3.05) is 12.9 Å². The van der Waals surface area contributed by atoms with E-state index in [4.69, 9.17) is 4.74 Å². The molecular formula is C21H20FN3O2S. The molecule has 0 saturated carbocycles. The molecule has 144 valence electrons. The first-order valence-electron chi connectivity index (χ1n) is 8.99. The van der Waals surface area contributed by atoms with E-state index in [1.807, 2.05) is 31.2 Å². The van der Waals surface area contributed by atoms with Crippen molar-refractivity contribution < 1.29 is 13.9 Å². The van der Waals surface area contributed by atoms with E-state index in [1.54, 1.807) is 30.1 Å². The zero-order valence-corrected chi connectivity index (χ0v) is 16.4. The van der Waals surface area contributed by atoms with E-state index in [9.17, 15) is 9.18 Å². The number of aromatic nitrogens is 2. The summed E-state index contributed by atoms with van der Waals surface area (Å²) in [5.41, 5.74) is 2.96. The molecule has 1 aliphatic heterocycles. The number of methoxy groups -OCH3 is 1. The molecule has 1 N–H and O–H groups in total. The van der Waals surface area contributed by atoms with Crippen molar-refractivity contribution in [3.63, 3.8) is 0 Å². The molecule has 1 aliphatic rings. The molecule has 0 spiro atoms. The number of nitrogens with one attached hydrogen (secondary N) is 1. The first-order chi connectivity index (χ1) is 13.6. The van der Waals surface area contributed by atoms with Crippen LogP contribution in [0.2, 0.25) is 0 Å². The van der Waals surface area contributed by atoms with Gasteiger partial charge in [0.15, 0.2) is 5.69 Å². The van der Waals surface area contributed by atoms with Crippen LogP contribution in [0.4, 0.5) is 4.39 Å². The molecule has 0 aliphatic carbocycles. The summed E-state index contributed by atoms with van der Waals surface area (Å²) in [6.07, 6.45) is 2.48. The molecule has 28 heavy (non-hydrogen) atoms. The number of fused-ring (bicyclic) bond motifs is 1. The van der Waals surface area contributed by atoms with Gasteiger partial charge in [-0.15, -0.1) is 11.8 Å². The van der Waals surface area contributed by atoms with E-state index in [1.165, 1.54) is 17.8 Å². The number of nitrogens with zero attached hydrogens (tertiary/aromatic N) is 2. The Morgan fingerprint density at radius 1 is 1.32 bits per heavy atom. The maximum Gasteiger partial charge on any atom is 0.272 e. The number of carbonyl (C=O) groups excluding carboxylic acids is 1. The Morgan fingerprint density at radius 3 is 3.00 bits per heavy atom. The van der Waals surface area contributed by atoms with Crippen LogP contribution in [0.15, 0.2) is 53.6 Å². The van der Waals surface area contributed by atoms with Crippen molar-refractivity contribution in [3.8, 4) is 11.4 Å². The number of amides is 1. The fraction of sp³-hybridized carbons (Fsp3) is 0.238. The van der Waals surface area contributed by atoms with Gasteiger partial charge in [0.25, 0.3) is 5.91 Å². The van der Waals surface area contributed by atoms with Gasteiger partial charge in [0.1, 0.15) is 17.3 Å². The lowest BCUT2D eigenvalue weighted by molar-refractivity contribution is 0.0929. The van der Waals surface area contributed by atoms with Crippen molar-refractivity contribution in [1.82, 2.24) is 15.1 Å². The summed E-state index contributed by atoms with van der Waals surface area (Å²) >= 11 is 1.49. The van der Waals surface area contributed by atoms with Gasteiger partial charge >= 0.3 is 0 Å². The number of ether oxygens (including phenoxy) is 1. The van der Waals surface area contributed by atoms with Gasteiger partial charge in [0, 0.05) is 16.8 Å². The standard InChI is InChI=1S/C21H20FN3O2S/c1-13-6-7-19(27-2)18(12-13)25-10-8-17(24-25)21(26)23-16-9-11-28-20-14(16)4-3-5-15(20)22/h3-8,10,12,16H,9,11H2,1-2H3,(H,23,26). The van der Waals surface area contributed by atoms with Crippen molar-refractivity contribution in [2.45, 2.75) is 24.3 Å². The molecule has 0 saturated heterocycles. The molecular weight excluding hydrogens is 377 g/mol. The zero-order valence-electron chi connectivity index (χ0n) is 15.6. The number of carbonyl (C=O) groups is 1. The van der Waals surface area contributed by atoms with Gasteiger partial charge in [-0.2, -0.15) is 5.10 Å². The Bertz CT molecular complexity index is 1030. The summed E-state index contributed by atoms with van der Waals surface area (Å²) < 4.78 is 21.1. The monoisotopic (exact) mass is 397 g/mol. The van der Waals surface area contributed by atoms with Crippen LogP contribution in [-0.4, -0.2) is 28.6 Å². The Hall–Kier alpha value is -2.80. The lowest BCUT2D eigenvalue weighted by Crippen LogP contribution is -2.31. The van der Waals surface area contributed by atoms with Gasteiger partial charge in [-0.05, 0) is 48.7 Å². The van der Waals surface area contributed by atoms with Crippen molar-refractivity contribution in [2.24, 2.45) is 0 Å². The Balaban J connectivity index is 1.57. The largest absolute Gasteiger partial charge is 0.494 e. The van der Waals surface area contributed by atoms with Gasteiger partial charge in [-0.3, -0.25) is 4.79 Å². The fourth-order valence-corrected chi connectivity index (χ4v) is 4.47. The van der Waals surface area contributed by atoms with Crippen LogP contribution in [0.25, 0.3) is 5.69 Å². The molecule has 0 fully saturated rings. The van der Waals surface area contributed by atoms with E-state index < -0.39 is 0 Å². The highest BCUT2D eigenvalue weighted by Gasteiger charge is 2.25. The molecule has 1 unspecified atom stereocenters. The van der Waals surface area contributed by atoms with Crippen LogP contribution in [-0.2, 0) is 0 Å². The minimum Gasteiger partial charge on any atom is -0.494 e. The van der Waals surface area contributed by atoms with Gasteiger partial charge in [0.2, 0.25) is 0 Å². The first kappa shape index (κ1) is 18.6. The highest BCUT2D eigenvalue weighted by Crippen LogP contribution is 2.37. The van der Waals surface area contributed by atoms with Crippen LogP contribution in [0.1, 0.15) is 34.1 Å². The third-order valence-electron chi connectivity index (χ3n) is 4.73. The topological polar surface area (TPSA) is 56.1 Å². The summed E-state index contributed by atoms with van der Waals surface area (Å²) in [5.74, 6) is 0.914. The third kappa shape index (κ3) is 3.49. The number of thioether (sulfide) groups is 1. The van der Waals surface area contributed by atoms with Gasteiger partial charge in [-0.1, -0.05) is 18.2 Å². The molecule has 5 nitrogen and oxygen atoms in total. The normalized spacial score (nSPS) is 15.8. The molecule has 2 aromatic carbocycles. The number of rotatable bonds is 4. The van der Waals surface area contributed by atoms with Crippen molar-refractivity contribution >= 4 is 17.7 Å². The van der Waals surface area contributed by atoms with Gasteiger partial charge in [0.05, 0.1) is 13.2 Å². The van der Waals surface area contributed by atoms with Crippen LogP contribution in [0.5, 0.6) is 5.75 Å². The summed E-state index contributed by atoms with van der Waals surface area (Å²) in [6.45, 7) is 1.98. The van der Waals surface area contributed by atoms with Crippen molar-refractivity contribution in [1.29, 1.82) is 0 Å². The van der Waals surface area contributed by atoms with Gasteiger partial charge < -0.3 is 10.1 Å². The first-order valence-corrected chi connectivity index (χ1v) is 9.98. The van der Waals surface area contributed by atoms with E-state index in [0.717, 1.165) is 29.0 Å². The molecule has 0 radical (unpaired) electrons. The van der Waals surface area contributed by atoms with Gasteiger partial charge in [-0.25, -0.2) is 9.07 Å². The highest BCUT2D eigenvalue weighted by atomic mass is 32.2. The minimum absolute atomic E-state index is 0.224. The lowest BCUT2D eigenvalue weighted by Gasteiger charge is -2.25. The number of hydrogen-bond donors (Lipinski definition) is 1. The van der Waals surface area contributed by atoms with E-state index >= 15 is 0 Å². The second kappa shape index (κ2) is 7.67. The van der Waals surface area contributed by atoms with Crippen LogP contribution in [0.3, 0.4) is 0 Å². The molecule has 1 atom stereocenters. The average molecular weight is 397 g/mol. The Kier molecular flexibility index (Phi) is 5.09. The predicted molar refractivity (Wildman–Crippen MR) is 107 cm³/mol. The molecule has 4 rings (SSSR count). The maximum atomic E-state index is 14.0. The maximum absolute atomic E-state index is 14.0. The lowest BCUT2D eigenvalue weighted by atomic mass is 10.0. The highest BCUT2D eigenvalue weighted by molar-refractivity contribution is 7.99.